The number of nitrogens with zero attached hydrogens (tertiary/aromatic N) is 1. The van der Waals surface area contributed by atoms with Crippen molar-refractivity contribution < 1.29 is 19.1 Å². The SMILES string of the molecule is COCC(CN1C(=O)CNC1=O)OC. The molecule has 1 rings (SSSR count). The highest BCUT2D eigenvalue weighted by Gasteiger charge is 2.30. The molecule has 1 fully saturated rings. The lowest BCUT2D eigenvalue weighted by molar-refractivity contribution is -0.126. The Morgan fingerprint density at radius 1 is 1.50 bits per heavy atom. The highest BCUT2D eigenvalue weighted by molar-refractivity contribution is 6.01. The van der Waals surface area contributed by atoms with Gasteiger partial charge in [-0.05, 0) is 0 Å². The van der Waals surface area contributed by atoms with Crippen LogP contribution < -0.4 is 5.32 Å². The van der Waals surface area contributed by atoms with Crippen molar-refractivity contribution in [3.8, 4) is 0 Å². The average molecular weight is 202 g/mol. The third-order valence-electron chi connectivity index (χ3n) is 2.01. The Hall–Kier alpha value is -1.14. The maximum atomic E-state index is 11.2. The van der Waals surface area contributed by atoms with Crippen LogP contribution in [0.15, 0.2) is 0 Å². The molecule has 6 heteroatoms. The molecule has 80 valence electrons. The summed E-state index contributed by atoms with van der Waals surface area (Å²) in [6.07, 6.45) is -0.271. The van der Waals surface area contributed by atoms with E-state index in [0.29, 0.717) is 6.61 Å². The van der Waals surface area contributed by atoms with Crippen LogP contribution in [0.3, 0.4) is 0 Å². The van der Waals surface area contributed by atoms with E-state index in [2.05, 4.69) is 5.32 Å². The van der Waals surface area contributed by atoms with E-state index < -0.39 is 0 Å². The Bertz CT molecular complexity index is 215. The Morgan fingerprint density at radius 3 is 2.64 bits per heavy atom. The van der Waals surface area contributed by atoms with E-state index in [4.69, 9.17) is 9.47 Å². The van der Waals surface area contributed by atoms with Crippen molar-refractivity contribution in [2.45, 2.75) is 6.10 Å². The first-order valence-electron chi connectivity index (χ1n) is 4.29. The van der Waals surface area contributed by atoms with Crippen LogP contribution in [0.25, 0.3) is 0 Å². The number of amides is 3. The smallest absolute Gasteiger partial charge is 0.324 e. The zero-order valence-electron chi connectivity index (χ0n) is 8.28. The minimum absolute atomic E-state index is 0.0717. The van der Waals surface area contributed by atoms with Gasteiger partial charge in [-0.3, -0.25) is 9.69 Å². The molecule has 1 aliphatic heterocycles. The Kier molecular flexibility index (Phi) is 3.84. The van der Waals surface area contributed by atoms with Crippen LogP contribution in [-0.2, 0) is 14.3 Å². The highest BCUT2D eigenvalue weighted by Crippen LogP contribution is 2.02. The minimum Gasteiger partial charge on any atom is -0.382 e. The van der Waals surface area contributed by atoms with Crippen LogP contribution in [0.1, 0.15) is 0 Å². The molecule has 1 aliphatic rings. The lowest BCUT2D eigenvalue weighted by atomic mass is 10.3. The van der Waals surface area contributed by atoms with Crippen molar-refractivity contribution >= 4 is 11.9 Å². The number of nitrogens with one attached hydrogen (secondary N) is 1. The summed E-state index contributed by atoms with van der Waals surface area (Å²) < 4.78 is 9.93. The van der Waals surface area contributed by atoms with Gasteiger partial charge in [-0.2, -0.15) is 0 Å². The fourth-order valence-electron chi connectivity index (χ4n) is 1.22. The summed E-state index contributed by atoms with van der Waals surface area (Å²) in [6, 6.07) is -0.367. The van der Waals surface area contributed by atoms with E-state index in [9.17, 15) is 9.59 Å². The normalized spacial score (nSPS) is 18.6. The van der Waals surface area contributed by atoms with Gasteiger partial charge in [0.1, 0.15) is 0 Å². The Morgan fingerprint density at radius 2 is 2.21 bits per heavy atom. The van der Waals surface area contributed by atoms with Gasteiger partial charge in [0.25, 0.3) is 0 Å². The first kappa shape index (κ1) is 10.9. The second-order valence-corrected chi connectivity index (χ2v) is 2.98. The van der Waals surface area contributed by atoms with Gasteiger partial charge in [0.15, 0.2) is 0 Å². The van der Waals surface area contributed by atoms with Gasteiger partial charge < -0.3 is 14.8 Å². The summed E-state index contributed by atoms with van der Waals surface area (Å²) >= 11 is 0. The molecular weight excluding hydrogens is 188 g/mol. The summed E-state index contributed by atoms with van der Waals surface area (Å²) in [5.41, 5.74) is 0. The monoisotopic (exact) mass is 202 g/mol. The second-order valence-electron chi connectivity index (χ2n) is 2.98. The van der Waals surface area contributed by atoms with E-state index in [1.165, 1.54) is 14.2 Å². The lowest BCUT2D eigenvalue weighted by Crippen LogP contribution is -2.40. The fraction of sp³-hybridized carbons (Fsp3) is 0.750. The molecule has 1 heterocycles. The maximum absolute atomic E-state index is 11.2. The van der Waals surface area contributed by atoms with Gasteiger partial charge >= 0.3 is 6.03 Å². The molecule has 6 nitrogen and oxygen atoms in total. The van der Waals surface area contributed by atoms with E-state index in [1.54, 1.807) is 0 Å². The van der Waals surface area contributed by atoms with Crippen LogP contribution in [-0.4, -0.2) is 56.9 Å². The first-order valence-corrected chi connectivity index (χ1v) is 4.29. The molecule has 0 spiro atoms. The molecule has 0 aromatic rings. The van der Waals surface area contributed by atoms with Crippen molar-refractivity contribution in [2.24, 2.45) is 0 Å². The van der Waals surface area contributed by atoms with E-state index >= 15 is 0 Å². The molecule has 0 saturated carbocycles. The van der Waals surface area contributed by atoms with Crippen LogP contribution in [0.5, 0.6) is 0 Å². The number of hydrogen-bond acceptors (Lipinski definition) is 4. The van der Waals surface area contributed by atoms with Crippen molar-refractivity contribution in [1.82, 2.24) is 10.2 Å². The zero-order chi connectivity index (χ0) is 10.6. The van der Waals surface area contributed by atoms with Gasteiger partial charge in [0, 0.05) is 14.2 Å². The fourth-order valence-corrected chi connectivity index (χ4v) is 1.22. The van der Waals surface area contributed by atoms with Gasteiger partial charge in [-0.1, -0.05) is 0 Å². The van der Waals surface area contributed by atoms with Crippen LogP contribution >= 0.6 is 0 Å². The summed E-state index contributed by atoms with van der Waals surface area (Å²) in [6.45, 7) is 0.658. The molecule has 0 bridgehead atoms. The van der Waals surface area contributed by atoms with E-state index in [-0.39, 0.29) is 31.1 Å². The van der Waals surface area contributed by atoms with Gasteiger partial charge in [-0.25, -0.2) is 4.79 Å². The van der Waals surface area contributed by atoms with Crippen molar-refractivity contribution in [2.75, 3.05) is 33.9 Å². The predicted octanol–water partition coefficient (Wildman–Crippen LogP) is -0.800. The number of urea groups is 1. The lowest BCUT2D eigenvalue weighted by Gasteiger charge is -2.19. The number of methoxy groups -OCH3 is 2. The Labute approximate surface area is 82.1 Å². The topological polar surface area (TPSA) is 67.9 Å². The van der Waals surface area contributed by atoms with Crippen molar-refractivity contribution in [3.05, 3.63) is 0 Å². The molecule has 14 heavy (non-hydrogen) atoms. The zero-order valence-corrected chi connectivity index (χ0v) is 8.28. The summed E-state index contributed by atoms with van der Waals surface area (Å²) in [5, 5.41) is 2.43. The summed E-state index contributed by atoms with van der Waals surface area (Å²) in [7, 11) is 3.06. The molecule has 1 N–H and O–H groups in total. The highest BCUT2D eigenvalue weighted by atomic mass is 16.5. The Balaban J connectivity index is 2.48. The van der Waals surface area contributed by atoms with Crippen molar-refractivity contribution in [1.29, 1.82) is 0 Å². The summed E-state index contributed by atoms with van der Waals surface area (Å²) in [5.74, 6) is -0.229. The molecule has 1 unspecified atom stereocenters. The predicted molar refractivity (Wildman–Crippen MR) is 47.8 cm³/mol. The van der Waals surface area contributed by atoms with Gasteiger partial charge in [0.2, 0.25) is 5.91 Å². The number of ether oxygens (including phenoxy) is 2. The average Bonchev–Trinajstić information content (AvgIpc) is 2.48. The minimum atomic E-state index is -0.367. The molecule has 1 atom stereocenters. The van der Waals surface area contributed by atoms with Crippen molar-refractivity contribution in [3.63, 3.8) is 0 Å². The molecule has 0 aromatic carbocycles. The number of rotatable bonds is 5. The molecule has 3 amide bonds. The van der Waals surface area contributed by atoms with E-state index in [0.717, 1.165) is 4.90 Å². The first-order chi connectivity index (χ1) is 6.69. The molecule has 0 radical (unpaired) electrons. The number of carbonyl (C=O) groups is 2. The molecule has 1 saturated heterocycles. The second kappa shape index (κ2) is 4.92. The summed E-state index contributed by atoms with van der Waals surface area (Å²) in [4.78, 5) is 23.5. The van der Waals surface area contributed by atoms with E-state index in [1.807, 2.05) is 0 Å². The van der Waals surface area contributed by atoms with Gasteiger partial charge in [-0.15, -0.1) is 0 Å². The largest absolute Gasteiger partial charge is 0.382 e. The maximum Gasteiger partial charge on any atom is 0.324 e. The number of hydrogen-bond donors (Lipinski definition) is 1. The molecular formula is C8H14N2O4. The number of imide groups is 1. The third kappa shape index (κ3) is 2.43. The standard InChI is InChI=1S/C8H14N2O4/c1-13-5-6(14-2)4-10-7(11)3-9-8(10)12/h6H,3-5H2,1-2H3,(H,9,12). The molecule has 0 aromatic heterocycles. The van der Waals surface area contributed by atoms with Gasteiger partial charge in [0.05, 0.1) is 25.8 Å². The molecule has 0 aliphatic carbocycles. The van der Waals surface area contributed by atoms with Crippen LogP contribution in [0, 0.1) is 0 Å². The number of carbonyl (C=O) groups excluding carboxylic acids is 2. The quantitative estimate of drug-likeness (QED) is 0.593. The third-order valence-corrected chi connectivity index (χ3v) is 2.01. The van der Waals surface area contributed by atoms with Crippen LogP contribution in [0.4, 0.5) is 4.79 Å². The van der Waals surface area contributed by atoms with Crippen LogP contribution in [0.2, 0.25) is 0 Å².